The van der Waals surface area contributed by atoms with Crippen LogP contribution in [0.25, 0.3) is 0 Å². The summed E-state index contributed by atoms with van der Waals surface area (Å²) in [4.78, 5) is 0. The van der Waals surface area contributed by atoms with Gasteiger partial charge >= 0.3 is 21.4 Å². The SMILES string of the molecule is CC1(C)OB(C(B2OC(C)(C)C(C)(C)O2)C(CCCBr)(B2OC(C)(C)C(C)(C)O2)c2ccccc2)OC1(C)C. The van der Waals surface area contributed by atoms with Crippen LogP contribution in [0.2, 0.25) is 5.72 Å². The van der Waals surface area contributed by atoms with E-state index in [2.05, 4.69) is 123 Å². The van der Waals surface area contributed by atoms with Crippen LogP contribution in [0.1, 0.15) is 101 Å². The highest BCUT2D eigenvalue weighted by Crippen LogP contribution is 2.57. The van der Waals surface area contributed by atoms with E-state index in [1.54, 1.807) is 0 Å². The molecular weight excluding hydrogens is 557 g/mol. The van der Waals surface area contributed by atoms with Crippen LogP contribution < -0.4 is 0 Å². The van der Waals surface area contributed by atoms with Crippen LogP contribution in [0.15, 0.2) is 30.3 Å². The summed E-state index contributed by atoms with van der Waals surface area (Å²) in [7, 11) is -1.84. The minimum Gasteiger partial charge on any atom is -0.403 e. The molecule has 0 N–H and O–H groups in total. The Kier molecular flexibility index (Phi) is 8.21. The van der Waals surface area contributed by atoms with Gasteiger partial charge < -0.3 is 27.9 Å². The van der Waals surface area contributed by atoms with E-state index in [1.807, 2.05) is 6.07 Å². The van der Waals surface area contributed by atoms with Gasteiger partial charge in [0.05, 0.1) is 33.6 Å². The molecule has 1 aromatic carbocycles. The second-order valence-corrected chi connectivity index (χ2v) is 15.4. The second kappa shape index (κ2) is 10.1. The molecule has 4 rings (SSSR count). The lowest BCUT2D eigenvalue weighted by atomic mass is 9.30. The number of rotatable bonds is 8. The van der Waals surface area contributed by atoms with Crippen LogP contribution in [-0.2, 0) is 33.2 Å². The van der Waals surface area contributed by atoms with Crippen LogP contribution in [-0.4, -0.2) is 60.3 Å². The Bertz CT molecular complexity index is 947. The summed E-state index contributed by atoms with van der Waals surface area (Å²) in [5.74, 6) is 0. The number of hydrogen-bond donors (Lipinski definition) is 0. The van der Waals surface area contributed by atoms with Gasteiger partial charge in [-0.25, -0.2) is 0 Å². The third-order valence-electron chi connectivity index (χ3n) is 10.4. The van der Waals surface area contributed by atoms with E-state index in [4.69, 9.17) is 27.9 Å². The van der Waals surface area contributed by atoms with E-state index in [0.29, 0.717) is 0 Å². The molecule has 3 aliphatic rings. The first-order valence-corrected chi connectivity index (χ1v) is 15.5. The molecule has 0 aliphatic carbocycles. The molecule has 10 heteroatoms. The minimum absolute atomic E-state index is 0.407. The van der Waals surface area contributed by atoms with Gasteiger partial charge in [0.1, 0.15) is 0 Å². The standard InChI is InChI=1S/C29H48B3BrO6/c1-23(2)24(3,4)35-30(34-23)22(31-36-25(5,6)26(7,8)37-31)29(19-16-20-33,21-17-14-13-15-18-21)32-38-27(9,10)28(11,12)39-32/h13-15,17-18,22H,16,19-20H2,1-12H3. The quantitative estimate of drug-likeness (QED) is 0.240. The van der Waals surface area contributed by atoms with Gasteiger partial charge in [-0.05, 0) is 101 Å². The molecule has 0 bridgehead atoms. The largest absolute Gasteiger partial charge is 0.468 e. The Morgan fingerprint density at radius 2 is 0.974 bits per heavy atom. The lowest BCUT2D eigenvalue weighted by Crippen LogP contribution is -2.59. The summed E-state index contributed by atoms with van der Waals surface area (Å²) in [5, 5.41) is 0.114. The Morgan fingerprint density at radius 1 is 0.615 bits per heavy atom. The summed E-state index contributed by atoms with van der Waals surface area (Å²) in [6.45, 7) is 25.1. The van der Waals surface area contributed by atoms with Gasteiger partial charge in [-0.15, -0.1) is 0 Å². The van der Waals surface area contributed by atoms with Gasteiger partial charge in [0.25, 0.3) is 0 Å². The number of hydrogen-bond acceptors (Lipinski definition) is 6. The average Bonchev–Trinajstić information content (AvgIpc) is 3.25. The van der Waals surface area contributed by atoms with Crippen LogP contribution in [0.5, 0.6) is 0 Å². The van der Waals surface area contributed by atoms with E-state index in [-0.39, 0.29) is 0 Å². The van der Waals surface area contributed by atoms with Crippen molar-refractivity contribution >= 4 is 37.3 Å². The molecule has 0 saturated carbocycles. The zero-order chi connectivity index (χ0) is 29.3. The fourth-order valence-corrected chi connectivity index (χ4v) is 6.04. The normalized spacial score (nSPS) is 27.8. The molecule has 1 aromatic rings. The van der Waals surface area contributed by atoms with Crippen molar-refractivity contribution in [1.29, 1.82) is 0 Å². The van der Waals surface area contributed by atoms with E-state index >= 15 is 0 Å². The smallest absolute Gasteiger partial charge is 0.403 e. The van der Waals surface area contributed by atoms with Crippen LogP contribution >= 0.6 is 15.9 Å². The van der Waals surface area contributed by atoms with Gasteiger partial charge in [-0.2, -0.15) is 0 Å². The third kappa shape index (κ3) is 5.23. The van der Waals surface area contributed by atoms with Crippen molar-refractivity contribution in [3.05, 3.63) is 35.9 Å². The van der Waals surface area contributed by atoms with Crippen molar-refractivity contribution in [2.45, 2.75) is 141 Å². The Morgan fingerprint density at radius 3 is 1.33 bits per heavy atom. The maximum atomic E-state index is 6.93. The third-order valence-corrected chi connectivity index (χ3v) is 11.0. The maximum absolute atomic E-state index is 6.93. The zero-order valence-electron chi connectivity index (χ0n) is 26.1. The van der Waals surface area contributed by atoms with Crippen LogP contribution in [0.3, 0.4) is 0 Å². The number of alkyl halides is 1. The fourth-order valence-electron chi connectivity index (χ4n) is 5.76. The van der Waals surface area contributed by atoms with Crippen molar-refractivity contribution in [2.24, 2.45) is 0 Å². The summed E-state index contributed by atoms with van der Waals surface area (Å²) in [6.07, 6.45) is 1.63. The van der Waals surface area contributed by atoms with Crippen molar-refractivity contribution in [3.63, 3.8) is 0 Å². The fraction of sp³-hybridized carbons (Fsp3) is 0.793. The molecular formula is C29H48B3BrO6. The zero-order valence-corrected chi connectivity index (χ0v) is 27.7. The van der Waals surface area contributed by atoms with Gasteiger partial charge in [0.15, 0.2) is 0 Å². The van der Waals surface area contributed by atoms with E-state index in [1.165, 1.54) is 0 Å². The summed E-state index contributed by atoms with van der Waals surface area (Å²) < 4.78 is 41.2. The first kappa shape index (κ1) is 31.6. The first-order chi connectivity index (χ1) is 17.7. The van der Waals surface area contributed by atoms with E-state index < -0.39 is 66.0 Å². The Labute approximate surface area is 246 Å². The summed E-state index contributed by atoms with van der Waals surface area (Å²) in [6, 6.07) is 10.5. The monoisotopic (exact) mass is 604 g/mol. The van der Waals surface area contributed by atoms with Crippen molar-refractivity contribution in [2.75, 3.05) is 5.33 Å². The second-order valence-electron chi connectivity index (χ2n) is 14.6. The minimum atomic E-state index is -0.720. The molecule has 216 valence electrons. The average molecular weight is 605 g/mol. The predicted octanol–water partition coefficient (Wildman–Crippen LogP) is 6.82. The van der Waals surface area contributed by atoms with Gasteiger partial charge in [0.2, 0.25) is 0 Å². The lowest BCUT2D eigenvalue weighted by molar-refractivity contribution is 0.00578. The van der Waals surface area contributed by atoms with Crippen molar-refractivity contribution < 1.29 is 27.9 Å². The summed E-state index contributed by atoms with van der Waals surface area (Å²) >= 11 is 3.71. The molecule has 3 aliphatic heterocycles. The van der Waals surface area contributed by atoms with Crippen LogP contribution in [0, 0.1) is 0 Å². The highest BCUT2D eigenvalue weighted by atomic mass is 79.9. The molecule has 3 fully saturated rings. The number of halogens is 1. The number of benzene rings is 1. The van der Waals surface area contributed by atoms with Gasteiger partial charge in [-0.3, -0.25) is 0 Å². The van der Waals surface area contributed by atoms with E-state index in [0.717, 1.165) is 23.7 Å². The first-order valence-electron chi connectivity index (χ1n) is 14.4. The lowest BCUT2D eigenvalue weighted by Gasteiger charge is -2.44. The van der Waals surface area contributed by atoms with Gasteiger partial charge in [0, 0.05) is 16.4 Å². The Balaban J connectivity index is 1.98. The molecule has 6 nitrogen and oxygen atoms in total. The summed E-state index contributed by atoms with van der Waals surface area (Å²) in [5.41, 5.74) is -2.50. The molecule has 0 amide bonds. The van der Waals surface area contributed by atoms with Crippen LogP contribution in [0.4, 0.5) is 0 Å². The molecule has 0 spiro atoms. The van der Waals surface area contributed by atoms with Crippen molar-refractivity contribution in [1.82, 2.24) is 0 Å². The molecule has 39 heavy (non-hydrogen) atoms. The highest BCUT2D eigenvalue weighted by Gasteiger charge is 2.72. The predicted molar refractivity (Wildman–Crippen MR) is 163 cm³/mol. The molecule has 1 atom stereocenters. The van der Waals surface area contributed by atoms with E-state index in [9.17, 15) is 0 Å². The highest BCUT2D eigenvalue weighted by molar-refractivity contribution is 9.09. The topological polar surface area (TPSA) is 55.4 Å². The molecule has 3 heterocycles. The van der Waals surface area contributed by atoms with Crippen molar-refractivity contribution in [3.8, 4) is 0 Å². The van der Waals surface area contributed by atoms with Gasteiger partial charge in [-0.1, -0.05) is 46.3 Å². The Hall–Kier alpha value is -0.345. The molecule has 1 unspecified atom stereocenters. The maximum Gasteiger partial charge on any atom is 0.468 e. The molecule has 3 saturated heterocycles. The molecule has 0 aromatic heterocycles. The molecule has 0 radical (unpaired) electrons.